The van der Waals surface area contributed by atoms with Crippen LogP contribution in [0.5, 0.6) is 11.5 Å². The number of ether oxygens (including phenoxy) is 3. The number of aromatic nitrogens is 3. The highest BCUT2D eigenvalue weighted by atomic mass is 19.3. The highest BCUT2D eigenvalue weighted by molar-refractivity contribution is 5.98. The van der Waals surface area contributed by atoms with Crippen molar-refractivity contribution in [1.82, 2.24) is 25.2 Å². The summed E-state index contributed by atoms with van der Waals surface area (Å²) in [6, 6.07) is 10.4. The molecule has 228 valence electrons. The van der Waals surface area contributed by atoms with Crippen LogP contribution in [0.3, 0.4) is 0 Å². The van der Waals surface area contributed by atoms with Gasteiger partial charge in [-0.05, 0) is 81.0 Å². The number of halogens is 2. The van der Waals surface area contributed by atoms with E-state index in [0.29, 0.717) is 24.0 Å². The molecule has 0 spiro atoms. The van der Waals surface area contributed by atoms with Crippen molar-refractivity contribution >= 4 is 23.4 Å². The first-order valence-electron chi connectivity index (χ1n) is 14.0. The van der Waals surface area contributed by atoms with Crippen molar-refractivity contribution in [2.45, 2.75) is 65.0 Å². The van der Waals surface area contributed by atoms with Gasteiger partial charge in [-0.15, -0.1) is 8.78 Å². The fourth-order valence-corrected chi connectivity index (χ4v) is 5.38. The monoisotopic (exact) mass is 605 g/mol. The van der Waals surface area contributed by atoms with Gasteiger partial charge in [0.15, 0.2) is 17.1 Å². The van der Waals surface area contributed by atoms with Gasteiger partial charge in [-0.25, -0.2) is 14.3 Å². The van der Waals surface area contributed by atoms with Crippen molar-refractivity contribution in [3.8, 4) is 11.5 Å². The van der Waals surface area contributed by atoms with Crippen molar-refractivity contribution in [3.63, 3.8) is 0 Å². The van der Waals surface area contributed by atoms with Crippen LogP contribution in [0.1, 0.15) is 86.8 Å². The van der Waals surface area contributed by atoms with Crippen LogP contribution in [-0.4, -0.2) is 44.3 Å². The molecule has 4 aromatic rings. The molecule has 0 radical (unpaired) electrons. The molecule has 2 N–H and O–H groups in total. The Bertz CT molecular complexity index is 1830. The normalized spacial score (nSPS) is 16.5. The lowest BCUT2D eigenvalue weighted by molar-refractivity contribution is -0.286. The summed E-state index contributed by atoms with van der Waals surface area (Å²) in [4.78, 5) is 43.7. The molecule has 2 amide bonds. The molecule has 11 nitrogen and oxygen atoms in total. The molecular weight excluding hydrogens is 576 g/mol. The number of carbonyl (C=O) groups excluding carboxylic acids is 3. The number of hydrogen-bond acceptors (Lipinski definition) is 8. The molecule has 1 aliphatic heterocycles. The summed E-state index contributed by atoms with van der Waals surface area (Å²) in [5, 5.41) is 9.92. The molecule has 0 saturated heterocycles. The first-order valence-corrected chi connectivity index (χ1v) is 14.0. The third-order valence-corrected chi connectivity index (χ3v) is 7.36. The first-order chi connectivity index (χ1) is 20.8. The van der Waals surface area contributed by atoms with E-state index < -0.39 is 29.7 Å². The van der Waals surface area contributed by atoms with Gasteiger partial charge in [0, 0.05) is 18.7 Å². The second-order valence-electron chi connectivity index (χ2n) is 11.6. The predicted molar refractivity (Wildman–Crippen MR) is 152 cm³/mol. The van der Waals surface area contributed by atoms with Crippen molar-refractivity contribution in [3.05, 3.63) is 87.9 Å². The largest absolute Gasteiger partial charge is 0.586 e. The zero-order valence-electron chi connectivity index (χ0n) is 24.4. The predicted octanol–water partition coefficient (Wildman–Crippen LogP) is 4.66. The van der Waals surface area contributed by atoms with Crippen molar-refractivity contribution < 1.29 is 37.4 Å². The summed E-state index contributed by atoms with van der Waals surface area (Å²) in [6.07, 6.45) is -0.979. The number of alkyl halides is 2. The van der Waals surface area contributed by atoms with Gasteiger partial charge in [0.2, 0.25) is 0 Å². The lowest BCUT2D eigenvalue weighted by Crippen LogP contribution is -2.30. The second kappa shape index (κ2) is 10.6. The lowest BCUT2D eigenvalue weighted by Gasteiger charge is -2.21. The summed E-state index contributed by atoms with van der Waals surface area (Å²) in [5.74, 6) is -1.67. The maximum Gasteiger partial charge on any atom is 0.586 e. The maximum absolute atomic E-state index is 13.6. The molecule has 2 aliphatic rings. The average molecular weight is 606 g/mol. The highest BCUT2D eigenvalue weighted by Gasteiger charge is 2.43. The van der Waals surface area contributed by atoms with E-state index in [1.54, 1.807) is 12.1 Å². The van der Waals surface area contributed by atoms with Gasteiger partial charge in [-0.2, -0.15) is 5.10 Å². The van der Waals surface area contributed by atoms with Crippen LogP contribution >= 0.6 is 0 Å². The lowest BCUT2D eigenvalue weighted by atomic mass is 9.97. The van der Waals surface area contributed by atoms with Crippen molar-refractivity contribution in [1.29, 1.82) is 0 Å². The number of nitrogens with zero attached hydrogens (tertiary/aromatic N) is 3. The summed E-state index contributed by atoms with van der Waals surface area (Å²) in [5.41, 5.74) is 3.45. The number of hydrogen-bond donors (Lipinski definition) is 2. The van der Waals surface area contributed by atoms with E-state index in [9.17, 15) is 23.2 Å². The summed E-state index contributed by atoms with van der Waals surface area (Å²) < 4.78 is 42.4. The molecule has 1 atom stereocenters. The SMILES string of the molecule is Cc1c(C(=O)OC(C)(C)C)ccc2c1CC[C@@H]2NC(=O)c1cc(C(=O)NCc2ccc3c(c2)OC(F)(F)O3)nc2ccnn12. The van der Waals surface area contributed by atoms with Crippen LogP contribution in [0.4, 0.5) is 8.78 Å². The number of esters is 1. The van der Waals surface area contributed by atoms with Gasteiger partial charge in [0.25, 0.3) is 11.8 Å². The van der Waals surface area contributed by atoms with Gasteiger partial charge < -0.3 is 24.8 Å². The zero-order chi connectivity index (χ0) is 31.4. The highest BCUT2D eigenvalue weighted by Crippen LogP contribution is 2.41. The quantitative estimate of drug-likeness (QED) is 0.303. The van der Waals surface area contributed by atoms with E-state index in [2.05, 4.69) is 30.2 Å². The topological polar surface area (TPSA) is 133 Å². The molecule has 3 heterocycles. The van der Waals surface area contributed by atoms with E-state index in [-0.39, 0.29) is 41.1 Å². The van der Waals surface area contributed by atoms with Gasteiger partial charge in [-0.3, -0.25) is 9.59 Å². The molecule has 6 rings (SSSR count). The Labute approximate surface area is 250 Å². The first kappa shape index (κ1) is 29.0. The second-order valence-corrected chi connectivity index (χ2v) is 11.6. The number of carbonyl (C=O) groups is 3. The number of amides is 2. The van der Waals surface area contributed by atoms with Crippen LogP contribution in [0.15, 0.2) is 48.7 Å². The minimum absolute atomic E-state index is 0.0157. The minimum Gasteiger partial charge on any atom is -0.456 e. The number of nitrogens with one attached hydrogen (secondary N) is 2. The van der Waals surface area contributed by atoms with Gasteiger partial charge >= 0.3 is 12.3 Å². The molecule has 0 unspecified atom stereocenters. The Kier molecular flexibility index (Phi) is 6.98. The van der Waals surface area contributed by atoms with Crippen molar-refractivity contribution in [2.75, 3.05) is 0 Å². The zero-order valence-corrected chi connectivity index (χ0v) is 24.4. The molecule has 2 aromatic heterocycles. The van der Waals surface area contributed by atoms with Crippen LogP contribution in [-0.2, 0) is 17.7 Å². The smallest absolute Gasteiger partial charge is 0.456 e. The summed E-state index contributed by atoms with van der Waals surface area (Å²) in [6.45, 7) is 7.30. The Balaban J connectivity index is 1.18. The van der Waals surface area contributed by atoms with Crippen LogP contribution in [0.2, 0.25) is 0 Å². The van der Waals surface area contributed by atoms with E-state index >= 15 is 0 Å². The standard InChI is InChI=1S/C31H29F2N5O6/c1-16-18-8-9-21(20(18)7-6-19(16)29(41)44-30(2,3)4)37-28(40)23-14-22(36-26-11-12-35-38(23)26)27(39)34-15-17-5-10-24-25(13-17)43-31(32,33)42-24/h5-7,10-14,21H,8-9,15H2,1-4H3,(H,34,39)(H,37,40)/t21-/m0/s1. The average Bonchev–Trinajstić information content (AvgIpc) is 3.66. The molecule has 0 saturated carbocycles. The van der Waals surface area contributed by atoms with Gasteiger partial charge in [0.05, 0.1) is 17.8 Å². The molecule has 44 heavy (non-hydrogen) atoms. The Morgan fingerprint density at radius 1 is 1.07 bits per heavy atom. The molecule has 1 aliphatic carbocycles. The molecule has 13 heteroatoms. The van der Waals surface area contributed by atoms with E-state index in [4.69, 9.17) is 4.74 Å². The maximum atomic E-state index is 13.6. The van der Waals surface area contributed by atoms with Crippen LogP contribution < -0.4 is 20.1 Å². The number of fused-ring (bicyclic) bond motifs is 3. The number of benzene rings is 2. The summed E-state index contributed by atoms with van der Waals surface area (Å²) in [7, 11) is 0. The molecule has 2 aromatic carbocycles. The van der Waals surface area contributed by atoms with Crippen LogP contribution in [0.25, 0.3) is 5.65 Å². The third kappa shape index (κ3) is 5.64. The molecule has 0 fully saturated rings. The van der Waals surface area contributed by atoms with E-state index in [1.807, 2.05) is 33.8 Å². The fourth-order valence-electron chi connectivity index (χ4n) is 5.38. The van der Waals surface area contributed by atoms with Crippen LogP contribution in [0, 0.1) is 6.92 Å². The Morgan fingerprint density at radius 2 is 1.84 bits per heavy atom. The number of rotatable bonds is 6. The molecule has 0 bridgehead atoms. The minimum atomic E-state index is -3.74. The fraction of sp³-hybridized carbons (Fsp3) is 0.323. The summed E-state index contributed by atoms with van der Waals surface area (Å²) >= 11 is 0. The van der Waals surface area contributed by atoms with Gasteiger partial charge in [0.1, 0.15) is 17.0 Å². The third-order valence-electron chi connectivity index (χ3n) is 7.36. The Morgan fingerprint density at radius 3 is 2.61 bits per heavy atom. The Hall–Kier alpha value is -5.07. The van der Waals surface area contributed by atoms with Crippen molar-refractivity contribution in [2.24, 2.45) is 0 Å². The van der Waals surface area contributed by atoms with E-state index in [1.165, 1.54) is 35.0 Å². The molecular formula is C31H29F2N5O6. The van der Waals surface area contributed by atoms with E-state index in [0.717, 1.165) is 16.7 Å². The van der Waals surface area contributed by atoms with Gasteiger partial charge in [-0.1, -0.05) is 12.1 Å².